The second kappa shape index (κ2) is 53.5. The van der Waals surface area contributed by atoms with E-state index in [0.29, 0.717) is 19.3 Å². The lowest BCUT2D eigenvalue weighted by Gasteiger charge is -2.18. The maximum atomic E-state index is 12.8. The number of unbranched alkanes of at least 4 members (excludes halogenated alkanes) is 26. The second-order valence-electron chi connectivity index (χ2n) is 18.1. The highest BCUT2D eigenvalue weighted by molar-refractivity contribution is 5.71. The molecule has 65 heavy (non-hydrogen) atoms. The lowest BCUT2D eigenvalue weighted by molar-refractivity contribution is -0.167. The molecule has 1 unspecified atom stereocenters. The van der Waals surface area contributed by atoms with Crippen LogP contribution >= 0.6 is 0 Å². The van der Waals surface area contributed by atoms with Gasteiger partial charge in [0, 0.05) is 19.3 Å². The fraction of sp³-hybridized carbons (Fsp3) is 0.746. The van der Waals surface area contributed by atoms with Crippen molar-refractivity contribution in [1.82, 2.24) is 0 Å². The molecule has 0 aliphatic rings. The van der Waals surface area contributed by atoms with E-state index in [0.717, 1.165) is 77.0 Å². The van der Waals surface area contributed by atoms with Crippen LogP contribution in [0.1, 0.15) is 265 Å². The molecular weight excluding hydrogens is 805 g/mol. The number of allylic oxidation sites excluding steroid dienone is 12. The summed E-state index contributed by atoms with van der Waals surface area (Å²) < 4.78 is 16.8. The zero-order valence-electron chi connectivity index (χ0n) is 42.7. The fourth-order valence-corrected chi connectivity index (χ4v) is 7.55. The van der Waals surface area contributed by atoms with Crippen molar-refractivity contribution < 1.29 is 28.6 Å². The van der Waals surface area contributed by atoms with Gasteiger partial charge in [0.1, 0.15) is 13.2 Å². The highest BCUT2D eigenvalue weighted by Gasteiger charge is 2.19. The van der Waals surface area contributed by atoms with Gasteiger partial charge in [0.15, 0.2) is 6.10 Å². The predicted molar refractivity (Wildman–Crippen MR) is 279 cm³/mol. The van der Waals surface area contributed by atoms with Crippen molar-refractivity contribution in [1.29, 1.82) is 0 Å². The molecule has 0 fully saturated rings. The van der Waals surface area contributed by atoms with Crippen molar-refractivity contribution in [3.8, 4) is 0 Å². The van der Waals surface area contributed by atoms with E-state index in [4.69, 9.17) is 14.2 Å². The summed E-state index contributed by atoms with van der Waals surface area (Å²) in [6.07, 6.45) is 67.6. The Morgan fingerprint density at radius 2 is 0.615 bits per heavy atom. The molecule has 0 heterocycles. The molecule has 0 aliphatic carbocycles. The van der Waals surface area contributed by atoms with E-state index in [2.05, 4.69) is 93.7 Å². The average molecular weight is 907 g/mol. The molecule has 0 spiro atoms. The van der Waals surface area contributed by atoms with Crippen molar-refractivity contribution >= 4 is 17.9 Å². The lowest BCUT2D eigenvalue weighted by atomic mass is 10.1. The number of carbonyl (C=O) groups is 3. The summed E-state index contributed by atoms with van der Waals surface area (Å²) in [6.45, 7) is 6.45. The third kappa shape index (κ3) is 51.7. The Balaban J connectivity index is 4.38. The quantitative estimate of drug-likeness (QED) is 0.0262. The van der Waals surface area contributed by atoms with Crippen LogP contribution in [0.5, 0.6) is 0 Å². The summed E-state index contributed by atoms with van der Waals surface area (Å²) >= 11 is 0. The molecule has 0 aliphatic heterocycles. The van der Waals surface area contributed by atoms with Crippen molar-refractivity contribution in [2.24, 2.45) is 0 Å². The Kier molecular flexibility index (Phi) is 50.9. The Hall–Kier alpha value is -3.15. The van der Waals surface area contributed by atoms with Crippen LogP contribution in [0.2, 0.25) is 0 Å². The number of ether oxygens (including phenoxy) is 3. The van der Waals surface area contributed by atoms with Crippen LogP contribution in [0.3, 0.4) is 0 Å². The van der Waals surface area contributed by atoms with Crippen molar-refractivity contribution in [2.75, 3.05) is 13.2 Å². The summed E-state index contributed by atoms with van der Waals surface area (Å²) in [5.41, 5.74) is 0. The Morgan fingerprint density at radius 3 is 1.05 bits per heavy atom. The fourth-order valence-electron chi connectivity index (χ4n) is 7.55. The van der Waals surface area contributed by atoms with Gasteiger partial charge in [-0.15, -0.1) is 0 Å². The van der Waals surface area contributed by atoms with E-state index in [-0.39, 0.29) is 37.5 Å². The summed E-state index contributed by atoms with van der Waals surface area (Å²) in [6, 6.07) is 0. The Morgan fingerprint density at radius 1 is 0.323 bits per heavy atom. The molecule has 0 saturated carbocycles. The SMILES string of the molecule is CC/C=C\C/C=C\C/C=C\CCCC(=O)OCC(COC(=O)CCCCCCCCC/C=C\CCCCCCCCCC)OC(=O)CCCCCCCCC/C=C\C/C=C\CCCCC. The number of esters is 3. The average Bonchev–Trinajstić information content (AvgIpc) is 3.30. The molecule has 0 aromatic heterocycles. The van der Waals surface area contributed by atoms with E-state index < -0.39 is 6.10 Å². The summed E-state index contributed by atoms with van der Waals surface area (Å²) in [7, 11) is 0. The molecule has 1 atom stereocenters. The maximum Gasteiger partial charge on any atom is 0.306 e. The zero-order valence-corrected chi connectivity index (χ0v) is 42.7. The monoisotopic (exact) mass is 907 g/mol. The first kappa shape index (κ1) is 61.9. The standard InChI is InChI=1S/C59H102O6/c1-4-7-10-13-16-19-22-24-26-28-29-31-32-34-37-40-43-46-49-52-58(61)64-55-56(54-63-57(60)51-48-45-42-39-36-21-18-15-12-9-6-3)65-59(62)53-50-47-44-41-38-35-33-30-27-25-23-20-17-14-11-8-5-2/h9,12,17-18,20-21,25,27-29,39,42,56H,4-8,10-11,13-16,19,22-24,26,30-38,40-41,43-55H2,1-3H3/b12-9-,20-17-,21-18-,27-25-,29-28-,42-39-. The molecule has 6 heteroatoms. The van der Waals surface area contributed by atoms with E-state index >= 15 is 0 Å². The summed E-state index contributed by atoms with van der Waals surface area (Å²) in [5.74, 6) is -0.961. The van der Waals surface area contributed by atoms with E-state index in [1.54, 1.807) is 0 Å². The summed E-state index contributed by atoms with van der Waals surface area (Å²) in [4.78, 5) is 38.0. The van der Waals surface area contributed by atoms with Gasteiger partial charge in [0.2, 0.25) is 0 Å². The number of hydrogen-bond acceptors (Lipinski definition) is 6. The van der Waals surface area contributed by atoms with Gasteiger partial charge in [0.05, 0.1) is 0 Å². The van der Waals surface area contributed by atoms with Crippen molar-refractivity contribution in [3.63, 3.8) is 0 Å². The van der Waals surface area contributed by atoms with Crippen molar-refractivity contribution in [3.05, 3.63) is 72.9 Å². The van der Waals surface area contributed by atoms with Crippen LogP contribution in [0.4, 0.5) is 0 Å². The molecule has 6 nitrogen and oxygen atoms in total. The molecule has 0 saturated heterocycles. The highest BCUT2D eigenvalue weighted by Crippen LogP contribution is 2.15. The minimum atomic E-state index is -0.801. The summed E-state index contributed by atoms with van der Waals surface area (Å²) in [5, 5.41) is 0. The van der Waals surface area contributed by atoms with Crippen LogP contribution < -0.4 is 0 Å². The topological polar surface area (TPSA) is 78.9 Å². The molecule has 0 aromatic rings. The molecular formula is C59H102O6. The minimum Gasteiger partial charge on any atom is -0.462 e. The lowest BCUT2D eigenvalue weighted by Crippen LogP contribution is -2.30. The predicted octanol–water partition coefficient (Wildman–Crippen LogP) is 18.2. The molecule has 0 amide bonds. The first-order chi connectivity index (χ1) is 32.0. The van der Waals surface area contributed by atoms with Gasteiger partial charge in [0.25, 0.3) is 0 Å². The maximum absolute atomic E-state index is 12.8. The van der Waals surface area contributed by atoms with Gasteiger partial charge in [-0.2, -0.15) is 0 Å². The van der Waals surface area contributed by atoms with Crippen LogP contribution in [0, 0.1) is 0 Å². The van der Waals surface area contributed by atoms with Gasteiger partial charge in [-0.3, -0.25) is 14.4 Å². The van der Waals surface area contributed by atoms with E-state index in [9.17, 15) is 14.4 Å². The van der Waals surface area contributed by atoms with Crippen LogP contribution in [-0.2, 0) is 28.6 Å². The molecule has 0 aromatic carbocycles. The number of carbonyl (C=O) groups excluding carboxylic acids is 3. The first-order valence-electron chi connectivity index (χ1n) is 27.4. The molecule has 0 rings (SSSR count). The smallest absolute Gasteiger partial charge is 0.306 e. The minimum absolute atomic E-state index is 0.0964. The second-order valence-corrected chi connectivity index (χ2v) is 18.1. The van der Waals surface area contributed by atoms with Gasteiger partial charge in [-0.05, 0) is 103 Å². The molecule has 0 N–H and O–H groups in total. The largest absolute Gasteiger partial charge is 0.462 e. The molecule has 0 radical (unpaired) electrons. The number of hydrogen-bond donors (Lipinski definition) is 0. The van der Waals surface area contributed by atoms with Gasteiger partial charge < -0.3 is 14.2 Å². The third-order valence-electron chi connectivity index (χ3n) is 11.7. The van der Waals surface area contributed by atoms with Gasteiger partial charge in [-0.25, -0.2) is 0 Å². The molecule has 0 bridgehead atoms. The van der Waals surface area contributed by atoms with Crippen LogP contribution in [0.25, 0.3) is 0 Å². The van der Waals surface area contributed by atoms with E-state index in [1.165, 1.54) is 141 Å². The Bertz CT molecular complexity index is 1230. The van der Waals surface area contributed by atoms with Crippen LogP contribution in [0.15, 0.2) is 72.9 Å². The van der Waals surface area contributed by atoms with Crippen LogP contribution in [-0.4, -0.2) is 37.2 Å². The highest BCUT2D eigenvalue weighted by atomic mass is 16.6. The third-order valence-corrected chi connectivity index (χ3v) is 11.7. The Labute approximate surface area is 402 Å². The molecule has 374 valence electrons. The van der Waals surface area contributed by atoms with E-state index in [1.807, 2.05) is 0 Å². The normalized spacial score (nSPS) is 12.6. The van der Waals surface area contributed by atoms with Gasteiger partial charge in [-0.1, -0.05) is 216 Å². The number of rotatable bonds is 49. The first-order valence-corrected chi connectivity index (χ1v) is 27.4. The zero-order chi connectivity index (χ0) is 47.2. The van der Waals surface area contributed by atoms with Crippen molar-refractivity contribution in [2.45, 2.75) is 271 Å². The van der Waals surface area contributed by atoms with Gasteiger partial charge >= 0.3 is 17.9 Å².